The number of hydrogen-bond acceptors (Lipinski definition) is 2. The summed E-state index contributed by atoms with van der Waals surface area (Å²) in [5.41, 5.74) is 3.76. The van der Waals surface area contributed by atoms with E-state index in [1.807, 2.05) is 44.2 Å². The summed E-state index contributed by atoms with van der Waals surface area (Å²) in [4.78, 5) is 17.9. The molecule has 4 aromatic rings. The Morgan fingerprint density at radius 2 is 1.57 bits per heavy atom. The van der Waals surface area contributed by atoms with Crippen LogP contribution in [0, 0.1) is 19.7 Å². The maximum atomic E-state index is 14.0. The van der Waals surface area contributed by atoms with E-state index < -0.39 is 0 Å². The number of para-hydroxylation sites is 1. The first-order valence-electron chi connectivity index (χ1n) is 9.06. The molecule has 138 valence electrons. The van der Waals surface area contributed by atoms with Crippen LogP contribution in [0.5, 0.6) is 0 Å². The molecule has 4 rings (SSSR count). The molecular formula is C24H19FN2O. The summed E-state index contributed by atoms with van der Waals surface area (Å²) in [6.45, 7) is 3.98. The summed E-state index contributed by atoms with van der Waals surface area (Å²) >= 11 is 0. The topological polar surface area (TPSA) is 34.9 Å². The van der Waals surface area contributed by atoms with Gasteiger partial charge in [-0.1, -0.05) is 36.4 Å². The number of aromatic nitrogens is 2. The Balaban J connectivity index is 1.99. The molecule has 0 saturated heterocycles. The predicted octanol–water partition coefficient (Wildman–Crippen LogP) is 5.31. The molecule has 0 saturated carbocycles. The average Bonchev–Trinajstić information content (AvgIpc) is 2.66. The van der Waals surface area contributed by atoms with Crippen LogP contribution in [-0.2, 0) is 0 Å². The SMILES string of the molecule is Cc1cc(C)cc(-n2c(/C=C\c3ccccc3F)nc3ccccc3c2=O)c1. The lowest BCUT2D eigenvalue weighted by Gasteiger charge is -2.13. The molecule has 0 radical (unpaired) electrons. The number of hydrogen-bond donors (Lipinski definition) is 0. The van der Waals surface area contributed by atoms with Crippen molar-refractivity contribution < 1.29 is 4.39 Å². The van der Waals surface area contributed by atoms with Gasteiger partial charge in [-0.3, -0.25) is 9.36 Å². The molecule has 0 atom stereocenters. The number of nitrogens with zero attached hydrogens (tertiary/aromatic N) is 2. The van der Waals surface area contributed by atoms with Gasteiger partial charge in [0.15, 0.2) is 0 Å². The van der Waals surface area contributed by atoms with Gasteiger partial charge in [-0.2, -0.15) is 0 Å². The van der Waals surface area contributed by atoms with Crippen molar-refractivity contribution in [3.8, 4) is 5.69 Å². The van der Waals surface area contributed by atoms with E-state index in [0.29, 0.717) is 22.3 Å². The fourth-order valence-electron chi connectivity index (χ4n) is 3.37. The maximum Gasteiger partial charge on any atom is 0.266 e. The van der Waals surface area contributed by atoms with Crippen LogP contribution in [-0.4, -0.2) is 9.55 Å². The monoisotopic (exact) mass is 370 g/mol. The van der Waals surface area contributed by atoms with E-state index in [1.54, 1.807) is 41.0 Å². The van der Waals surface area contributed by atoms with Crippen LogP contribution in [0.3, 0.4) is 0 Å². The van der Waals surface area contributed by atoms with Crippen molar-refractivity contribution in [1.29, 1.82) is 0 Å². The van der Waals surface area contributed by atoms with Crippen LogP contribution in [0.4, 0.5) is 4.39 Å². The predicted molar refractivity (Wildman–Crippen MR) is 112 cm³/mol. The number of halogens is 1. The van der Waals surface area contributed by atoms with Gasteiger partial charge in [0, 0.05) is 5.56 Å². The minimum Gasteiger partial charge on any atom is -0.268 e. The smallest absolute Gasteiger partial charge is 0.266 e. The molecule has 0 unspecified atom stereocenters. The summed E-state index contributed by atoms with van der Waals surface area (Å²) in [6, 6.07) is 19.7. The Labute approximate surface area is 162 Å². The van der Waals surface area contributed by atoms with Crippen molar-refractivity contribution in [2.75, 3.05) is 0 Å². The van der Waals surface area contributed by atoms with Crippen molar-refractivity contribution in [1.82, 2.24) is 9.55 Å². The highest BCUT2D eigenvalue weighted by atomic mass is 19.1. The van der Waals surface area contributed by atoms with Gasteiger partial charge >= 0.3 is 0 Å². The lowest BCUT2D eigenvalue weighted by molar-refractivity contribution is 0.625. The van der Waals surface area contributed by atoms with Crippen LogP contribution in [0.2, 0.25) is 0 Å². The van der Waals surface area contributed by atoms with Crippen LogP contribution in [0.25, 0.3) is 28.7 Å². The number of fused-ring (bicyclic) bond motifs is 1. The summed E-state index contributed by atoms with van der Waals surface area (Å²) in [5, 5.41) is 0.546. The fraction of sp³-hybridized carbons (Fsp3) is 0.0833. The van der Waals surface area contributed by atoms with E-state index in [0.717, 1.165) is 16.8 Å². The second kappa shape index (κ2) is 7.24. The molecule has 0 aliphatic rings. The van der Waals surface area contributed by atoms with E-state index in [-0.39, 0.29) is 11.4 Å². The van der Waals surface area contributed by atoms with Crippen molar-refractivity contribution in [2.24, 2.45) is 0 Å². The molecular weight excluding hydrogens is 351 g/mol. The summed E-state index contributed by atoms with van der Waals surface area (Å²) in [7, 11) is 0. The third-order valence-electron chi connectivity index (χ3n) is 4.58. The number of rotatable bonds is 3. The average molecular weight is 370 g/mol. The fourth-order valence-corrected chi connectivity index (χ4v) is 3.37. The summed E-state index contributed by atoms with van der Waals surface area (Å²) in [5.74, 6) is 0.136. The van der Waals surface area contributed by atoms with E-state index in [1.165, 1.54) is 6.07 Å². The highest BCUT2D eigenvalue weighted by Gasteiger charge is 2.12. The van der Waals surface area contributed by atoms with Crippen LogP contribution in [0.15, 0.2) is 71.5 Å². The first-order chi connectivity index (χ1) is 13.5. The van der Waals surface area contributed by atoms with E-state index in [4.69, 9.17) is 0 Å². The minimum absolute atomic E-state index is 0.149. The molecule has 1 aromatic heterocycles. The van der Waals surface area contributed by atoms with Crippen molar-refractivity contribution in [2.45, 2.75) is 13.8 Å². The molecule has 0 N–H and O–H groups in total. The van der Waals surface area contributed by atoms with Gasteiger partial charge in [-0.15, -0.1) is 0 Å². The largest absolute Gasteiger partial charge is 0.268 e. The lowest BCUT2D eigenvalue weighted by Crippen LogP contribution is -2.22. The highest BCUT2D eigenvalue weighted by Crippen LogP contribution is 2.18. The summed E-state index contributed by atoms with van der Waals surface area (Å²) < 4.78 is 15.6. The molecule has 0 bridgehead atoms. The molecule has 0 spiro atoms. The Kier molecular flexibility index (Phi) is 4.62. The zero-order chi connectivity index (χ0) is 19.7. The van der Waals surface area contributed by atoms with Crippen molar-refractivity contribution >= 4 is 23.1 Å². The molecule has 0 amide bonds. The first-order valence-corrected chi connectivity index (χ1v) is 9.06. The van der Waals surface area contributed by atoms with Crippen LogP contribution >= 0.6 is 0 Å². The van der Waals surface area contributed by atoms with E-state index in [9.17, 15) is 9.18 Å². The second-order valence-electron chi connectivity index (χ2n) is 6.83. The van der Waals surface area contributed by atoms with Gasteiger partial charge in [0.2, 0.25) is 0 Å². The van der Waals surface area contributed by atoms with E-state index in [2.05, 4.69) is 11.1 Å². The molecule has 0 fully saturated rings. The zero-order valence-corrected chi connectivity index (χ0v) is 15.7. The van der Waals surface area contributed by atoms with Gasteiger partial charge in [-0.05, 0) is 67.5 Å². The molecule has 0 aliphatic heterocycles. The van der Waals surface area contributed by atoms with Gasteiger partial charge in [0.25, 0.3) is 5.56 Å². The maximum absolute atomic E-state index is 14.0. The Morgan fingerprint density at radius 3 is 2.32 bits per heavy atom. The highest BCUT2D eigenvalue weighted by molar-refractivity contribution is 5.80. The first kappa shape index (κ1) is 17.9. The Hall–Kier alpha value is -3.53. The van der Waals surface area contributed by atoms with Crippen LogP contribution < -0.4 is 5.56 Å². The lowest BCUT2D eigenvalue weighted by atomic mass is 10.1. The standard InChI is InChI=1S/C24H19FN2O/c1-16-13-17(2)15-19(14-16)27-23(12-11-18-7-3-5-9-21(18)25)26-22-10-6-4-8-20(22)24(27)28/h3-15H,1-2H3/b12-11-. The molecule has 3 aromatic carbocycles. The van der Waals surface area contributed by atoms with Gasteiger partial charge in [0.1, 0.15) is 11.6 Å². The van der Waals surface area contributed by atoms with Gasteiger partial charge < -0.3 is 0 Å². The zero-order valence-electron chi connectivity index (χ0n) is 15.7. The molecule has 4 heteroatoms. The molecule has 28 heavy (non-hydrogen) atoms. The van der Waals surface area contributed by atoms with Gasteiger partial charge in [-0.25, -0.2) is 9.37 Å². The van der Waals surface area contributed by atoms with Crippen molar-refractivity contribution in [3.63, 3.8) is 0 Å². The number of aryl methyl sites for hydroxylation is 2. The second-order valence-corrected chi connectivity index (χ2v) is 6.83. The summed E-state index contributed by atoms with van der Waals surface area (Å²) in [6.07, 6.45) is 3.33. The van der Waals surface area contributed by atoms with Gasteiger partial charge in [0.05, 0.1) is 16.6 Å². The normalized spacial score (nSPS) is 11.4. The Morgan fingerprint density at radius 1 is 0.893 bits per heavy atom. The van der Waals surface area contributed by atoms with Crippen molar-refractivity contribution in [3.05, 3.63) is 105 Å². The molecule has 3 nitrogen and oxygen atoms in total. The number of benzene rings is 3. The quantitative estimate of drug-likeness (QED) is 0.490. The van der Waals surface area contributed by atoms with Crippen LogP contribution in [0.1, 0.15) is 22.5 Å². The third-order valence-corrected chi connectivity index (χ3v) is 4.58. The minimum atomic E-state index is -0.320. The molecule has 0 aliphatic carbocycles. The third kappa shape index (κ3) is 3.37. The Bertz CT molecular complexity index is 1250. The molecule has 1 heterocycles. The van der Waals surface area contributed by atoms with E-state index >= 15 is 0 Å².